The summed E-state index contributed by atoms with van der Waals surface area (Å²) in [6.07, 6.45) is 0.366. The van der Waals surface area contributed by atoms with Gasteiger partial charge in [0.25, 0.3) is 5.91 Å². The number of piperidine rings is 1. The van der Waals surface area contributed by atoms with Crippen molar-refractivity contribution in [3.05, 3.63) is 42.0 Å². The van der Waals surface area contributed by atoms with Gasteiger partial charge in [0, 0.05) is 17.3 Å². The molecule has 3 amide bonds. The smallest absolute Gasteiger partial charge is 0.332 e. The van der Waals surface area contributed by atoms with Crippen molar-refractivity contribution >= 4 is 28.4 Å². The second kappa shape index (κ2) is 5.32. The molecule has 1 N–H and O–H groups in total. The molecule has 6 heteroatoms. The van der Waals surface area contributed by atoms with E-state index in [0.717, 1.165) is 4.90 Å². The van der Waals surface area contributed by atoms with Crippen LogP contribution in [-0.2, 0) is 4.79 Å². The predicted octanol–water partition coefficient (Wildman–Crippen LogP) is 2.00. The number of benzene rings is 2. The second-order valence-electron chi connectivity index (χ2n) is 6.09. The van der Waals surface area contributed by atoms with E-state index in [-0.39, 0.29) is 0 Å². The zero-order valence-corrected chi connectivity index (χ0v) is 12.8. The topological polar surface area (TPSA) is 84.6 Å². The zero-order chi connectivity index (χ0) is 16.8. The molecule has 24 heavy (non-hydrogen) atoms. The first kappa shape index (κ1) is 14.7. The fourth-order valence-electron chi connectivity index (χ4n) is 3.64. The van der Waals surface area contributed by atoms with Crippen LogP contribution >= 0.6 is 0 Å². The average Bonchev–Trinajstić information content (AvgIpc) is 2.86. The van der Waals surface area contributed by atoms with E-state index < -0.39 is 24.1 Å². The van der Waals surface area contributed by atoms with Gasteiger partial charge in [-0.05, 0) is 25.0 Å². The van der Waals surface area contributed by atoms with Gasteiger partial charge in [-0.3, -0.25) is 4.79 Å². The highest BCUT2D eigenvalue weighted by atomic mass is 16.3. The van der Waals surface area contributed by atoms with Crippen molar-refractivity contribution in [1.29, 1.82) is 5.26 Å². The number of amides is 3. The van der Waals surface area contributed by atoms with Gasteiger partial charge in [-0.2, -0.15) is 5.26 Å². The maximum absolute atomic E-state index is 12.8. The molecule has 2 aliphatic rings. The number of imide groups is 1. The van der Waals surface area contributed by atoms with E-state index in [1.54, 1.807) is 30.3 Å². The van der Waals surface area contributed by atoms with Gasteiger partial charge in [0.1, 0.15) is 6.04 Å². The van der Waals surface area contributed by atoms with Crippen molar-refractivity contribution in [2.24, 2.45) is 0 Å². The number of aliphatic hydroxyl groups is 1. The van der Waals surface area contributed by atoms with Gasteiger partial charge in [-0.15, -0.1) is 0 Å². The third kappa shape index (κ3) is 1.92. The lowest BCUT2D eigenvalue weighted by molar-refractivity contribution is -0.124. The lowest BCUT2D eigenvalue weighted by Crippen LogP contribution is -2.48. The molecule has 2 saturated heterocycles. The minimum Gasteiger partial charge on any atom is -0.390 e. The lowest BCUT2D eigenvalue weighted by atomic mass is 9.99. The van der Waals surface area contributed by atoms with Gasteiger partial charge in [-0.1, -0.05) is 24.3 Å². The van der Waals surface area contributed by atoms with E-state index >= 15 is 0 Å². The predicted molar refractivity (Wildman–Crippen MR) is 87.3 cm³/mol. The van der Waals surface area contributed by atoms with Crippen LogP contribution in [0.25, 0.3) is 10.8 Å². The van der Waals surface area contributed by atoms with Crippen LogP contribution in [0, 0.1) is 11.3 Å². The summed E-state index contributed by atoms with van der Waals surface area (Å²) in [5.41, 5.74) is 0.951. The monoisotopic (exact) mass is 321 g/mol. The van der Waals surface area contributed by atoms with Crippen LogP contribution in [0.1, 0.15) is 18.4 Å². The Hall–Kier alpha value is -2.91. The molecule has 4 rings (SSSR count). The van der Waals surface area contributed by atoms with Crippen molar-refractivity contribution in [3.8, 4) is 6.07 Å². The largest absolute Gasteiger partial charge is 0.390 e. The molecule has 0 unspecified atom stereocenters. The van der Waals surface area contributed by atoms with Crippen LogP contribution in [0.2, 0.25) is 0 Å². The molecule has 2 atom stereocenters. The highest BCUT2D eigenvalue weighted by molar-refractivity contribution is 6.24. The molecule has 0 bridgehead atoms. The van der Waals surface area contributed by atoms with E-state index in [1.807, 2.05) is 6.07 Å². The summed E-state index contributed by atoms with van der Waals surface area (Å²) in [6, 6.07) is 11.4. The third-order valence-electron chi connectivity index (χ3n) is 4.77. The van der Waals surface area contributed by atoms with Crippen LogP contribution in [0.5, 0.6) is 0 Å². The minimum atomic E-state index is -0.829. The van der Waals surface area contributed by atoms with E-state index in [0.29, 0.717) is 41.4 Å². The van der Waals surface area contributed by atoms with Crippen LogP contribution < -0.4 is 4.90 Å². The summed E-state index contributed by atoms with van der Waals surface area (Å²) in [7, 11) is 0. The molecule has 2 aliphatic heterocycles. The maximum Gasteiger partial charge on any atom is 0.332 e. The molecule has 0 radical (unpaired) electrons. The Labute approximate surface area is 138 Å². The Balaban J connectivity index is 1.88. The summed E-state index contributed by atoms with van der Waals surface area (Å²) >= 11 is 0. The Kier molecular flexibility index (Phi) is 3.25. The normalized spacial score (nSPS) is 23.5. The zero-order valence-electron chi connectivity index (χ0n) is 12.8. The average molecular weight is 321 g/mol. The van der Waals surface area contributed by atoms with Crippen LogP contribution in [-0.4, -0.2) is 40.6 Å². The molecule has 0 spiro atoms. The number of rotatable bonds is 1. The minimum absolute atomic E-state index is 0.401. The summed E-state index contributed by atoms with van der Waals surface area (Å²) in [5, 5.41) is 20.8. The number of nitriles is 1. The number of hydrogen-bond donors (Lipinski definition) is 1. The second-order valence-corrected chi connectivity index (χ2v) is 6.09. The van der Waals surface area contributed by atoms with Gasteiger partial charge >= 0.3 is 6.03 Å². The fourth-order valence-corrected chi connectivity index (χ4v) is 3.64. The summed E-state index contributed by atoms with van der Waals surface area (Å²) < 4.78 is 0. The molecule has 2 fully saturated rings. The number of urea groups is 1. The fraction of sp³-hybridized carbons (Fsp3) is 0.278. The van der Waals surface area contributed by atoms with Gasteiger partial charge in [0.2, 0.25) is 0 Å². The number of carbonyl (C=O) groups excluding carboxylic acids is 2. The van der Waals surface area contributed by atoms with E-state index in [9.17, 15) is 20.0 Å². The number of fused-ring (bicyclic) bond motifs is 2. The van der Waals surface area contributed by atoms with Crippen LogP contribution in [0.4, 0.5) is 10.5 Å². The standard InChI is InChI=1S/C18H15N3O3/c19-10-11-7-8-14(13-5-2-1-4-12(11)13)21-17(23)16-15(22)6-3-9-20(16)18(21)24/h1-2,4-5,7-8,15-16,22H,3,6,9H2/t15-,16+/m1/s1. The summed E-state index contributed by atoms with van der Waals surface area (Å²) in [4.78, 5) is 28.1. The van der Waals surface area contributed by atoms with Crippen LogP contribution in [0.15, 0.2) is 36.4 Å². The molecule has 120 valence electrons. The molecule has 2 aromatic rings. The van der Waals surface area contributed by atoms with Gasteiger partial charge < -0.3 is 10.0 Å². The molecular formula is C18H15N3O3. The number of anilines is 1. The van der Waals surface area contributed by atoms with Gasteiger partial charge in [0.05, 0.1) is 23.4 Å². The van der Waals surface area contributed by atoms with E-state index in [2.05, 4.69) is 6.07 Å². The van der Waals surface area contributed by atoms with Crippen molar-refractivity contribution in [2.45, 2.75) is 25.0 Å². The number of carbonyl (C=O) groups is 2. The highest BCUT2D eigenvalue weighted by Crippen LogP contribution is 2.35. The lowest BCUT2D eigenvalue weighted by Gasteiger charge is -2.30. The molecular weight excluding hydrogens is 306 g/mol. The molecule has 2 aromatic carbocycles. The quantitative estimate of drug-likeness (QED) is 0.814. The molecule has 0 aromatic heterocycles. The van der Waals surface area contributed by atoms with E-state index in [4.69, 9.17) is 0 Å². The van der Waals surface area contributed by atoms with Crippen molar-refractivity contribution in [3.63, 3.8) is 0 Å². The Morgan fingerprint density at radius 2 is 1.88 bits per heavy atom. The summed E-state index contributed by atoms with van der Waals surface area (Å²) in [6.45, 7) is 0.469. The van der Waals surface area contributed by atoms with Crippen molar-refractivity contribution in [2.75, 3.05) is 11.4 Å². The molecule has 0 saturated carbocycles. The maximum atomic E-state index is 12.8. The van der Waals surface area contributed by atoms with Crippen molar-refractivity contribution in [1.82, 2.24) is 4.90 Å². The number of nitrogens with zero attached hydrogens (tertiary/aromatic N) is 3. The molecule has 0 aliphatic carbocycles. The third-order valence-corrected chi connectivity index (χ3v) is 4.77. The highest BCUT2D eigenvalue weighted by Gasteiger charge is 2.50. The van der Waals surface area contributed by atoms with E-state index in [1.165, 1.54) is 4.90 Å². The molecule has 2 heterocycles. The van der Waals surface area contributed by atoms with Gasteiger partial charge in [-0.25, -0.2) is 9.69 Å². The van der Waals surface area contributed by atoms with Crippen molar-refractivity contribution < 1.29 is 14.7 Å². The first-order chi connectivity index (χ1) is 11.6. The number of aliphatic hydroxyl groups excluding tert-OH is 1. The summed E-state index contributed by atoms with van der Waals surface area (Å²) in [5.74, 6) is -0.401. The van der Waals surface area contributed by atoms with Crippen LogP contribution in [0.3, 0.4) is 0 Å². The Bertz CT molecular complexity index is 902. The Morgan fingerprint density at radius 1 is 1.12 bits per heavy atom. The number of hydrogen-bond acceptors (Lipinski definition) is 4. The molecule has 6 nitrogen and oxygen atoms in total. The Morgan fingerprint density at radius 3 is 2.58 bits per heavy atom. The van der Waals surface area contributed by atoms with Gasteiger partial charge in [0.15, 0.2) is 0 Å². The SMILES string of the molecule is N#Cc1ccc(N2C(=O)[C@@H]3[C@H](O)CCCN3C2=O)c2ccccc12. The first-order valence-electron chi connectivity index (χ1n) is 7.88. The first-order valence-corrected chi connectivity index (χ1v) is 7.88.